The Morgan fingerprint density at radius 2 is 1.85 bits per heavy atom. The fourth-order valence-corrected chi connectivity index (χ4v) is 3.62. The number of carbonyl (C=O) groups is 1. The van der Waals surface area contributed by atoms with Gasteiger partial charge in [-0.2, -0.15) is 0 Å². The molecule has 1 saturated carbocycles. The third kappa shape index (κ3) is 5.29. The largest absolute Gasteiger partial charge is 0.444 e. The van der Waals surface area contributed by atoms with Crippen LogP contribution in [0.4, 0.5) is 10.5 Å². The quantitative estimate of drug-likeness (QED) is 0.816. The van der Waals surface area contributed by atoms with Gasteiger partial charge in [-0.25, -0.2) is 4.79 Å². The second-order valence-corrected chi connectivity index (χ2v) is 9.18. The Morgan fingerprint density at radius 1 is 1.22 bits per heavy atom. The number of amides is 1. The molecule has 0 radical (unpaired) electrons. The summed E-state index contributed by atoms with van der Waals surface area (Å²) in [5.41, 5.74) is 3.10. The van der Waals surface area contributed by atoms with Gasteiger partial charge in [-0.05, 0) is 64.7 Å². The summed E-state index contributed by atoms with van der Waals surface area (Å²) >= 11 is 6.45. The van der Waals surface area contributed by atoms with Crippen molar-refractivity contribution >= 4 is 23.4 Å². The zero-order valence-electron chi connectivity index (χ0n) is 17.1. The van der Waals surface area contributed by atoms with Gasteiger partial charge in [0.2, 0.25) is 0 Å². The molecule has 1 amide bonds. The van der Waals surface area contributed by atoms with Crippen LogP contribution in [0.15, 0.2) is 12.1 Å². The van der Waals surface area contributed by atoms with Gasteiger partial charge >= 0.3 is 6.09 Å². The van der Waals surface area contributed by atoms with Gasteiger partial charge in [0.25, 0.3) is 0 Å². The number of aryl methyl sites for hydroxylation is 1. The van der Waals surface area contributed by atoms with Crippen LogP contribution < -0.4 is 10.2 Å². The Kier molecular flexibility index (Phi) is 5.92. The number of nitrogens with zero attached hydrogens (tertiary/aromatic N) is 2. The molecule has 1 aliphatic heterocycles. The Balaban J connectivity index is 1.71. The number of anilines is 1. The Hall–Kier alpha value is -1.46. The van der Waals surface area contributed by atoms with E-state index in [1.807, 2.05) is 20.8 Å². The van der Waals surface area contributed by atoms with Crippen molar-refractivity contribution in [3.8, 4) is 0 Å². The predicted octanol–water partition coefficient (Wildman–Crippen LogP) is 4.52. The summed E-state index contributed by atoms with van der Waals surface area (Å²) in [4.78, 5) is 16.4. The minimum absolute atomic E-state index is 0.229. The molecule has 6 heteroatoms. The molecule has 5 nitrogen and oxygen atoms in total. The second-order valence-electron chi connectivity index (χ2n) is 8.78. The SMILES string of the molecule is Cc1cc(C(C)NC2CC2)c(N2CCN(C(=O)OC(C)(C)C)CC2)cc1Cl. The smallest absolute Gasteiger partial charge is 0.410 e. The maximum atomic E-state index is 12.3. The molecule has 1 aromatic carbocycles. The lowest BCUT2D eigenvalue weighted by molar-refractivity contribution is 0.0240. The molecule has 1 N–H and O–H groups in total. The summed E-state index contributed by atoms with van der Waals surface area (Å²) in [5, 5.41) is 4.49. The van der Waals surface area contributed by atoms with Gasteiger partial charge in [-0.1, -0.05) is 17.7 Å². The lowest BCUT2D eigenvalue weighted by Gasteiger charge is -2.38. The molecule has 2 fully saturated rings. The lowest BCUT2D eigenvalue weighted by atomic mass is 10.0. The van der Waals surface area contributed by atoms with Crippen molar-refractivity contribution in [1.82, 2.24) is 10.2 Å². The van der Waals surface area contributed by atoms with Gasteiger partial charge in [0.15, 0.2) is 0 Å². The summed E-state index contributed by atoms with van der Waals surface area (Å²) in [6.07, 6.45) is 2.30. The highest BCUT2D eigenvalue weighted by Crippen LogP contribution is 2.34. The minimum Gasteiger partial charge on any atom is -0.444 e. The van der Waals surface area contributed by atoms with E-state index >= 15 is 0 Å². The highest BCUT2D eigenvalue weighted by atomic mass is 35.5. The van der Waals surface area contributed by atoms with E-state index in [1.165, 1.54) is 24.1 Å². The number of hydrogen-bond donors (Lipinski definition) is 1. The highest BCUT2D eigenvalue weighted by molar-refractivity contribution is 6.31. The molecule has 27 heavy (non-hydrogen) atoms. The average molecular weight is 394 g/mol. The van der Waals surface area contributed by atoms with E-state index in [0.717, 1.165) is 23.7 Å². The number of piperazine rings is 1. The zero-order chi connectivity index (χ0) is 19.8. The van der Waals surface area contributed by atoms with Crippen molar-refractivity contribution in [3.63, 3.8) is 0 Å². The molecule has 1 unspecified atom stereocenters. The van der Waals surface area contributed by atoms with Gasteiger partial charge in [0.05, 0.1) is 0 Å². The van der Waals surface area contributed by atoms with Gasteiger partial charge in [0.1, 0.15) is 5.60 Å². The third-order valence-corrected chi connectivity index (χ3v) is 5.52. The molecule has 150 valence electrons. The van der Waals surface area contributed by atoms with Gasteiger partial charge in [-0.3, -0.25) is 0 Å². The van der Waals surface area contributed by atoms with Crippen LogP contribution in [0.2, 0.25) is 5.02 Å². The molecule has 0 spiro atoms. The van der Waals surface area contributed by atoms with Crippen LogP contribution in [0.3, 0.4) is 0 Å². The van der Waals surface area contributed by atoms with Crippen molar-refractivity contribution in [2.24, 2.45) is 0 Å². The molecule has 1 aliphatic carbocycles. The predicted molar refractivity (Wildman–Crippen MR) is 111 cm³/mol. The van der Waals surface area contributed by atoms with E-state index in [2.05, 4.69) is 36.2 Å². The van der Waals surface area contributed by atoms with Crippen molar-refractivity contribution in [1.29, 1.82) is 0 Å². The van der Waals surface area contributed by atoms with Gasteiger partial charge in [0, 0.05) is 49.0 Å². The van der Waals surface area contributed by atoms with Crippen LogP contribution in [0, 0.1) is 6.92 Å². The van der Waals surface area contributed by atoms with Crippen LogP contribution >= 0.6 is 11.6 Å². The minimum atomic E-state index is -0.463. The first-order valence-corrected chi connectivity index (χ1v) is 10.3. The van der Waals surface area contributed by atoms with Crippen LogP contribution in [0.5, 0.6) is 0 Å². The molecule has 0 bridgehead atoms. The molecule has 3 rings (SSSR count). The van der Waals surface area contributed by atoms with Crippen LogP contribution in [-0.4, -0.2) is 48.8 Å². The van der Waals surface area contributed by atoms with E-state index in [-0.39, 0.29) is 12.1 Å². The number of benzene rings is 1. The molecule has 1 atom stereocenters. The standard InChI is InChI=1S/C21H32ClN3O2/c1-14-12-17(15(2)23-16-6-7-16)19(13-18(14)22)24-8-10-25(11-9-24)20(26)27-21(3,4)5/h12-13,15-16,23H,6-11H2,1-5H3. The van der Waals surface area contributed by atoms with Crippen molar-refractivity contribution < 1.29 is 9.53 Å². The maximum absolute atomic E-state index is 12.3. The molecule has 1 heterocycles. The molecular formula is C21H32ClN3O2. The fraction of sp³-hybridized carbons (Fsp3) is 0.667. The zero-order valence-corrected chi connectivity index (χ0v) is 17.9. The molecule has 2 aliphatic rings. The van der Waals surface area contributed by atoms with E-state index in [0.29, 0.717) is 19.1 Å². The summed E-state index contributed by atoms with van der Waals surface area (Å²) in [6.45, 7) is 12.8. The molecular weight excluding hydrogens is 362 g/mol. The highest BCUT2D eigenvalue weighted by Gasteiger charge is 2.29. The molecule has 0 aromatic heterocycles. The van der Waals surface area contributed by atoms with Crippen LogP contribution in [-0.2, 0) is 4.74 Å². The summed E-state index contributed by atoms with van der Waals surface area (Å²) in [7, 11) is 0. The first-order valence-electron chi connectivity index (χ1n) is 9.93. The first kappa shape index (κ1) is 20.3. The Bertz CT molecular complexity index is 689. The van der Waals surface area contributed by atoms with E-state index in [1.54, 1.807) is 4.90 Å². The maximum Gasteiger partial charge on any atom is 0.410 e. The topological polar surface area (TPSA) is 44.8 Å². The van der Waals surface area contributed by atoms with Gasteiger partial charge in [-0.15, -0.1) is 0 Å². The summed E-state index contributed by atoms with van der Waals surface area (Å²) in [6, 6.07) is 5.22. The van der Waals surface area contributed by atoms with E-state index < -0.39 is 5.60 Å². The summed E-state index contributed by atoms with van der Waals surface area (Å²) in [5.74, 6) is 0. The normalized spacial score (nSPS) is 19.2. The monoisotopic (exact) mass is 393 g/mol. The van der Waals surface area contributed by atoms with E-state index in [4.69, 9.17) is 16.3 Å². The number of nitrogens with one attached hydrogen (secondary N) is 1. The lowest BCUT2D eigenvalue weighted by Crippen LogP contribution is -2.50. The van der Waals surface area contributed by atoms with E-state index in [9.17, 15) is 4.79 Å². The van der Waals surface area contributed by atoms with Gasteiger partial charge < -0.3 is 19.9 Å². The first-order chi connectivity index (χ1) is 12.6. The number of rotatable bonds is 4. The number of carbonyl (C=O) groups excluding carboxylic acids is 1. The Morgan fingerprint density at radius 3 is 2.41 bits per heavy atom. The van der Waals surface area contributed by atoms with Crippen molar-refractivity contribution in [2.75, 3.05) is 31.1 Å². The van der Waals surface area contributed by atoms with Crippen molar-refractivity contribution in [2.45, 2.75) is 65.1 Å². The Labute approximate surface area is 168 Å². The van der Waals surface area contributed by atoms with Crippen LogP contribution in [0.25, 0.3) is 0 Å². The summed E-state index contributed by atoms with van der Waals surface area (Å²) < 4.78 is 5.50. The number of halogens is 1. The number of ether oxygens (including phenoxy) is 1. The van der Waals surface area contributed by atoms with Crippen molar-refractivity contribution in [3.05, 3.63) is 28.3 Å². The average Bonchev–Trinajstić information content (AvgIpc) is 3.39. The van der Waals surface area contributed by atoms with Crippen LogP contribution in [0.1, 0.15) is 57.7 Å². The number of hydrogen-bond acceptors (Lipinski definition) is 4. The second kappa shape index (κ2) is 7.88. The molecule has 1 aromatic rings. The molecule has 1 saturated heterocycles. The third-order valence-electron chi connectivity index (χ3n) is 5.11. The fourth-order valence-electron chi connectivity index (χ4n) is 3.46.